The summed E-state index contributed by atoms with van der Waals surface area (Å²) >= 11 is 0. The fourth-order valence-corrected chi connectivity index (χ4v) is 3.00. The molecular formula is C21H18FN5O. The molecule has 4 rings (SSSR count). The second kappa shape index (κ2) is 7.48. The van der Waals surface area contributed by atoms with Crippen LogP contribution in [0.3, 0.4) is 0 Å². The van der Waals surface area contributed by atoms with Gasteiger partial charge in [-0.15, -0.1) is 0 Å². The van der Waals surface area contributed by atoms with Gasteiger partial charge in [0, 0.05) is 24.5 Å². The normalized spacial score (nSPS) is 10.8. The third-order valence-corrected chi connectivity index (χ3v) is 4.32. The summed E-state index contributed by atoms with van der Waals surface area (Å²) in [5.74, 6) is -0.262. The first-order valence-corrected chi connectivity index (χ1v) is 8.87. The number of urea groups is 1. The summed E-state index contributed by atoms with van der Waals surface area (Å²) in [7, 11) is 0. The smallest absolute Gasteiger partial charge is 0.319 e. The Morgan fingerprint density at radius 1 is 1.04 bits per heavy atom. The van der Waals surface area contributed by atoms with Crippen LogP contribution in [0.2, 0.25) is 0 Å². The number of amides is 2. The number of benzene rings is 1. The van der Waals surface area contributed by atoms with Crippen LogP contribution in [0.1, 0.15) is 6.92 Å². The number of imidazole rings is 1. The average molecular weight is 375 g/mol. The minimum absolute atomic E-state index is 0.262. The van der Waals surface area contributed by atoms with E-state index in [0.717, 1.165) is 28.0 Å². The van der Waals surface area contributed by atoms with E-state index < -0.39 is 0 Å². The highest BCUT2D eigenvalue weighted by Gasteiger charge is 2.09. The van der Waals surface area contributed by atoms with Crippen molar-refractivity contribution in [1.82, 2.24) is 19.7 Å². The number of halogens is 1. The van der Waals surface area contributed by atoms with Gasteiger partial charge in [0.05, 0.1) is 23.8 Å². The van der Waals surface area contributed by atoms with Crippen molar-refractivity contribution in [3.05, 3.63) is 73.1 Å². The molecule has 7 heteroatoms. The molecule has 0 saturated heterocycles. The van der Waals surface area contributed by atoms with Gasteiger partial charge in [-0.3, -0.25) is 9.38 Å². The maximum atomic E-state index is 13.1. The lowest BCUT2D eigenvalue weighted by Gasteiger charge is -2.08. The molecule has 1 aromatic carbocycles. The SMILES string of the molecule is CCNC(=O)Nc1cncc(-c2cnc3cc(-c4ccc(F)cc4)ccn23)c1. The Bertz CT molecular complexity index is 1140. The number of carbonyl (C=O) groups excluding carboxylic acids is 1. The van der Waals surface area contributed by atoms with Crippen LogP contribution in [0.25, 0.3) is 28.0 Å². The summed E-state index contributed by atoms with van der Waals surface area (Å²) in [4.78, 5) is 20.4. The summed E-state index contributed by atoms with van der Waals surface area (Å²) < 4.78 is 15.1. The Hall–Kier alpha value is -3.74. The summed E-state index contributed by atoms with van der Waals surface area (Å²) in [5.41, 5.74) is 4.92. The maximum Gasteiger partial charge on any atom is 0.319 e. The van der Waals surface area contributed by atoms with E-state index in [1.54, 1.807) is 30.7 Å². The number of fused-ring (bicyclic) bond motifs is 1. The summed E-state index contributed by atoms with van der Waals surface area (Å²) in [5, 5.41) is 5.44. The molecule has 0 aliphatic carbocycles. The highest BCUT2D eigenvalue weighted by atomic mass is 19.1. The van der Waals surface area contributed by atoms with Crippen molar-refractivity contribution in [3.8, 4) is 22.4 Å². The lowest BCUT2D eigenvalue weighted by molar-refractivity contribution is 0.252. The molecule has 28 heavy (non-hydrogen) atoms. The van der Waals surface area contributed by atoms with Crippen molar-refractivity contribution in [1.29, 1.82) is 0 Å². The van der Waals surface area contributed by atoms with Crippen LogP contribution < -0.4 is 10.6 Å². The monoisotopic (exact) mass is 375 g/mol. The third kappa shape index (κ3) is 3.55. The van der Waals surface area contributed by atoms with Crippen LogP contribution in [0, 0.1) is 5.82 Å². The Balaban J connectivity index is 1.66. The van der Waals surface area contributed by atoms with Crippen LogP contribution in [-0.4, -0.2) is 26.9 Å². The van der Waals surface area contributed by atoms with Gasteiger partial charge in [0.15, 0.2) is 0 Å². The van der Waals surface area contributed by atoms with E-state index in [0.29, 0.717) is 12.2 Å². The van der Waals surface area contributed by atoms with E-state index in [9.17, 15) is 9.18 Å². The maximum absolute atomic E-state index is 13.1. The van der Waals surface area contributed by atoms with E-state index in [4.69, 9.17) is 0 Å². The number of anilines is 1. The third-order valence-electron chi connectivity index (χ3n) is 4.32. The Labute approximate surface area is 161 Å². The van der Waals surface area contributed by atoms with Crippen molar-refractivity contribution in [3.63, 3.8) is 0 Å². The molecule has 0 atom stereocenters. The molecule has 2 amide bonds. The predicted molar refractivity (Wildman–Crippen MR) is 107 cm³/mol. The number of carbonyl (C=O) groups is 1. The number of nitrogens with zero attached hydrogens (tertiary/aromatic N) is 3. The molecule has 4 aromatic rings. The van der Waals surface area contributed by atoms with Gasteiger partial charge in [-0.25, -0.2) is 14.2 Å². The minimum atomic E-state index is -0.275. The molecule has 3 aromatic heterocycles. The van der Waals surface area contributed by atoms with Gasteiger partial charge in [-0.05, 0) is 48.4 Å². The van der Waals surface area contributed by atoms with Gasteiger partial charge in [0.25, 0.3) is 0 Å². The van der Waals surface area contributed by atoms with Crippen molar-refractivity contribution in [2.45, 2.75) is 6.92 Å². The van der Waals surface area contributed by atoms with E-state index in [1.165, 1.54) is 12.1 Å². The largest absolute Gasteiger partial charge is 0.338 e. The van der Waals surface area contributed by atoms with Crippen molar-refractivity contribution in [2.75, 3.05) is 11.9 Å². The zero-order chi connectivity index (χ0) is 19.5. The second-order valence-electron chi connectivity index (χ2n) is 6.24. The number of aromatic nitrogens is 3. The topological polar surface area (TPSA) is 71.3 Å². The molecule has 6 nitrogen and oxygen atoms in total. The fraction of sp³-hybridized carbons (Fsp3) is 0.0952. The first kappa shape index (κ1) is 17.7. The quantitative estimate of drug-likeness (QED) is 0.557. The lowest BCUT2D eigenvalue weighted by atomic mass is 10.1. The molecule has 0 radical (unpaired) electrons. The Kier molecular flexibility index (Phi) is 4.72. The van der Waals surface area contributed by atoms with Gasteiger partial charge in [0.1, 0.15) is 11.5 Å². The summed E-state index contributed by atoms with van der Waals surface area (Å²) in [6, 6.07) is 11.8. The molecule has 0 fully saturated rings. The Morgan fingerprint density at radius 3 is 2.64 bits per heavy atom. The van der Waals surface area contributed by atoms with Crippen molar-refractivity contribution < 1.29 is 9.18 Å². The second-order valence-corrected chi connectivity index (χ2v) is 6.24. The summed E-state index contributed by atoms with van der Waals surface area (Å²) in [6.45, 7) is 2.40. The number of pyridine rings is 2. The van der Waals surface area contributed by atoms with E-state index in [2.05, 4.69) is 20.6 Å². The fourth-order valence-electron chi connectivity index (χ4n) is 3.00. The molecule has 0 unspecified atom stereocenters. The molecule has 0 spiro atoms. The highest BCUT2D eigenvalue weighted by Crippen LogP contribution is 2.26. The number of rotatable bonds is 4. The number of hydrogen-bond acceptors (Lipinski definition) is 3. The molecule has 0 bridgehead atoms. The summed E-state index contributed by atoms with van der Waals surface area (Å²) in [6.07, 6.45) is 6.99. The zero-order valence-corrected chi connectivity index (χ0v) is 15.2. The van der Waals surface area contributed by atoms with Gasteiger partial charge in [-0.2, -0.15) is 0 Å². The Morgan fingerprint density at radius 2 is 1.86 bits per heavy atom. The van der Waals surface area contributed by atoms with Crippen LogP contribution in [-0.2, 0) is 0 Å². The molecule has 0 aliphatic rings. The van der Waals surface area contributed by atoms with E-state index in [-0.39, 0.29) is 11.8 Å². The average Bonchev–Trinajstić information content (AvgIpc) is 3.12. The van der Waals surface area contributed by atoms with Gasteiger partial charge in [-0.1, -0.05) is 12.1 Å². The zero-order valence-electron chi connectivity index (χ0n) is 15.2. The first-order valence-electron chi connectivity index (χ1n) is 8.87. The predicted octanol–water partition coefficient (Wildman–Crippen LogP) is 4.34. The standard InChI is InChI=1S/C21H18FN5O/c1-2-24-21(28)26-18-9-16(11-23-12-18)19-13-25-20-10-15(7-8-27(19)20)14-3-5-17(22)6-4-14/h3-13H,2H2,1H3,(H2,24,26,28). The van der Waals surface area contributed by atoms with Crippen LogP contribution in [0.15, 0.2) is 67.3 Å². The van der Waals surface area contributed by atoms with E-state index >= 15 is 0 Å². The lowest BCUT2D eigenvalue weighted by Crippen LogP contribution is -2.28. The van der Waals surface area contributed by atoms with Gasteiger partial charge in [0.2, 0.25) is 0 Å². The van der Waals surface area contributed by atoms with E-state index in [1.807, 2.05) is 35.7 Å². The van der Waals surface area contributed by atoms with Gasteiger partial charge >= 0.3 is 6.03 Å². The molecule has 3 heterocycles. The van der Waals surface area contributed by atoms with Crippen LogP contribution in [0.4, 0.5) is 14.9 Å². The molecule has 0 saturated carbocycles. The molecule has 140 valence electrons. The van der Waals surface area contributed by atoms with Crippen LogP contribution in [0.5, 0.6) is 0 Å². The molecular weight excluding hydrogens is 357 g/mol. The molecule has 2 N–H and O–H groups in total. The number of hydrogen-bond donors (Lipinski definition) is 2. The van der Waals surface area contributed by atoms with Crippen LogP contribution >= 0.6 is 0 Å². The van der Waals surface area contributed by atoms with Crippen molar-refractivity contribution >= 4 is 17.4 Å². The number of nitrogens with one attached hydrogen (secondary N) is 2. The molecule has 0 aliphatic heterocycles. The van der Waals surface area contributed by atoms with Gasteiger partial charge < -0.3 is 10.6 Å². The minimum Gasteiger partial charge on any atom is -0.338 e. The first-order chi connectivity index (χ1) is 13.6. The van der Waals surface area contributed by atoms with Crippen molar-refractivity contribution in [2.24, 2.45) is 0 Å². The highest BCUT2D eigenvalue weighted by molar-refractivity contribution is 5.89.